The molecule has 7 nitrogen and oxygen atoms in total. The summed E-state index contributed by atoms with van der Waals surface area (Å²) >= 11 is 4.74. The summed E-state index contributed by atoms with van der Waals surface area (Å²) in [4.78, 5) is 44.3. The van der Waals surface area contributed by atoms with Gasteiger partial charge in [-0.05, 0) is 24.6 Å². The number of aromatic nitrogens is 2. The van der Waals surface area contributed by atoms with Gasteiger partial charge in [0.25, 0.3) is 5.56 Å². The van der Waals surface area contributed by atoms with E-state index in [1.165, 1.54) is 11.8 Å². The van der Waals surface area contributed by atoms with Gasteiger partial charge in [0, 0.05) is 22.3 Å². The summed E-state index contributed by atoms with van der Waals surface area (Å²) in [5.74, 6) is -0.684. The molecule has 2 amide bonds. The number of nitrogens with one attached hydrogen (secondary N) is 3. The molecule has 1 aromatic carbocycles. The van der Waals surface area contributed by atoms with E-state index < -0.39 is 17.4 Å². The van der Waals surface area contributed by atoms with E-state index in [9.17, 15) is 14.4 Å². The molecule has 0 unspecified atom stereocenters. The molecular weight excluding hydrogens is 420 g/mol. The fourth-order valence-corrected chi connectivity index (χ4v) is 3.75. The number of amides is 2. The number of fused-ring (bicyclic) bond motifs is 1. The van der Waals surface area contributed by atoms with Crippen molar-refractivity contribution < 1.29 is 9.59 Å². The van der Waals surface area contributed by atoms with E-state index in [-0.39, 0.29) is 23.7 Å². The minimum absolute atomic E-state index is 0.0982. The zero-order valence-electron chi connectivity index (χ0n) is 14.0. The number of carbonyl (C=O) groups is 2. The topological polar surface area (TPSA) is 104 Å². The minimum atomic E-state index is -0.890. The highest BCUT2D eigenvalue weighted by molar-refractivity contribution is 9.10. The number of thioether (sulfide) groups is 1. The molecule has 2 aromatic rings. The summed E-state index contributed by atoms with van der Waals surface area (Å²) in [5.41, 5.74) is 0.373. The van der Waals surface area contributed by atoms with E-state index in [1.54, 1.807) is 18.2 Å². The van der Waals surface area contributed by atoms with Gasteiger partial charge in [-0.1, -0.05) is 40.7 Å². The van der Waals surface area contributed by atoms with Crippen LogP contribution in [0, 0.1) is 0 Å². The molecule has 136 valence electrons. The summed E-state index contributed by atoms with van der Waals surface area (Å²) in [6.45, 7) is 2.02. The van der Waals surface area contributed by atoms with Crippen molar-refractivity contribution in [1.29, 1.82) is 0 Å². The molecule has 1 aliphatic heterocycles. The van der Waals surface area contributed by atoms with Crippen LogP contribution in [0.3, 0.4) is 0 Å². The highest BCUT2D eigenvalue weighted by Gasteiger charge is 2.34. The van der Waals surface area contributed by atoms with Crippen molar-refractivity contribution in [3.8, 4) is 0 Å². The third-order valence-corrected chi connectivity index (χ3v) is 5.35. The van der Waals surface area contributed by atoms with Crippen LogP contribution >= 0.6 is 27.7 Å². The van der Waals surface area contributed by atoms with Gasteiger partial charge in [0.2, 0.25) is 11.8 Å². The number of aromatic amines is 1. The Hall–Kier alpha value is -2.13. The number of anilines is 2. The highest BCUT2D eigenvalue weighted by atomic mass is 79.9. The van der Waals surface area contributed by atoms with Gasteiger partial charge in [-0.2, -0.15) is 0 Å². The van der Waals surface area contributed by atoms with Gasteiger partial charge in [-0.15, -0.1) is 0 Å². The quantitative estimate of drug-likeness (QED) is 0.493. The van der Waals surface area contributed by atoms with Crippen LogP contribution < -0.4 is 16.2 Å². The first-order chi connectivity index (χ1) is 12.5. The summed E-state index contributed by atoms with van der Waals surface area (Å²) in [6, 6.07) is 7.10. The Morgan fingerprint density at radius 3 is 2.96 bits per heavy atom. The summed E-state index contributed by atoms with van der Waals surface area (Å²) < 4.78 is 0.814. The Morgan fingerprint density at radius 1 is 1.42 bits per heavy atom. The van der Waals surface area contributed by atoms with Crippen LogP contribution in [0.1, 0.15) is 31.2 Å². The van der Waals surface area contributed by atoms with Crippen LogP contribution in [0.2, 0.25) is 0 Å². The molecular formula is C17H17BrN4O3S. The third-order valence-electron chi connectivity index (χ3n) is 3.78. The maximum absolute atomic E-state index is 12.7. The largest absolute Gasteiger partial charge is 0.326 e. The number of hydrogen-bond donors (Lipinski definition) is 3. The lowest BCUT2D eigenvalue weighted by molar-refractivity contribution is -0.123. The maximum atomic E-state index is 12.7. The molecule has 0 aliphatic carbocycles. The van der Waals surface area contributed by atoms with E-state index >= 15 is 0 Å². The smallest absolute Gasteiger partial charge is 0.257 e. The lowest BCUT2D eigenvalue weighted by atomic mass is 9.92. The van der Waals surface area contributed by atoms with E-state index in [0.29, 0.717) is 10.8 Å². The van der Waals surface area contributed by atoms with Crippen molar-refractivity contribution in [3.05, 3.63) is 44.7 Å². The molecule has 0 fully saturated rings. The SMILES string of the molecule is CCCSc1nc2c(c(=O)[nH]1)[C@H](C(=O)Nc1cccc(Br)c1)CC(=O)N2. The van der Waals surface area contributed by atoms with Crippen LogP contribution in [0.5, 0.6) is 0 Å². The molecule has 0 radical (unpaired) electrons. The Bertz CT molecular complexity index is 915. The van der Waals surface area contributed by atoms with Gasteiger partial charge in [-0.3, -0.25) is 14.4 Å². The van der Waals surface area contributed by atoms with Gasteiger partial charge < -0.3 is 15.6 Å². The van der Waals surface area contributed by atoms with E-state index in [4.69, 9.17) is 0 Å². The van der Waals surface area contributed by atoms with Crippen LogP contribution in [0.15, 0.2) is 38.7 Å². The molecule has 0 saturated heterocycles. The highest BCUT2D eigenvalue weighted by Crippen LogP contribution is 2.30. The first kappa shape index (κ1) is 18.7. The second-order valence-electron chi connectivity index (χ2n) is 5.79. The fourth-order valence-electron chi connectivity index (χ4n) is 2.64. The molecule has 26 heavy (non-hydrogen) atoms. The Kier molecular flexibility index (Phi) is 5.77. The first-order valence-corrected chi connectivity index (χ1v) is 9.89. The number of rotatable bonds is 5. The van der Waals surface area contributed by atoms with Gasteiger partial charge in [0.15, 0.2) is 5.16 Å². The van der Waals surface area contributed by atoms with E-state index in [0.717, 1.165) is 16.6 Å². The minimum Gasteiger partial charge on any atom is -0.326 e. The monoisotopic (exact) mass is 436 g/mol. The lowest BCUT2D eigenvalue weighted by Gasteiger charge is -2.23. The van der Waals surface area contributed by atoms with Crippen LogP contribution in [0.4, 0.5) is 11.5 Å². The van der Waals surface area contributed by atoms with Crippen molar-refractivity contribution in [2.75, 3.05) is 16.4 Å². The summed E-state index contributed by atoms with van der Waals surface area (Å²) in [5, 5.41) is 5.79. The van der Waals surface area contributed by atoms with E-state index in [1.807, 2.05) is 13.0 Å². The van der Waals surface area contributed by atoms with Gasteiger partial charge in [0.1, 0.15) is 5.82 Å². The number of hydrogen-bond acceptors (Lipinski definition) is 5. The molecule has 0 bridgehead atoms. The van der Waals surface area contributed by atoms with Crippen LogP contribution in [-0.2, 0) is 9.59 Å². The van der Waals surface area contributed by atoms with Gasteiger partial charge in [-0.25, -0.2) is 4.98 Å². The molecule has 0 saturated carbocycles. The second kappa shape index (κ2) is 8.05. The zero-order valence-corrected chi connectivity index (χ0v) is 16.4. The number of nitrogens with zero attached hydrogens (tertiary/aromatic N) is 1. The second-order valence-corrected chi connectivity index (χ2v) is 7.79. The summed E-state index contributed by atoms with van der Waals surface area (Å²) in [6.07, 6.45) is 0.828. The normalized spacial score (nSPS) is 15.9. The van der Waals surface area contributed by atoms with Gasteiger partial charge >= 0.3 is 0 Å². The van der Waals surface area contributed by atoms with Gasteiger partial charge in [0.05, 0.1) is 11.5 Å². The third kappa shape index (κ3) is 4.16. The molecule has 0 spiro atoms. The average molecular weight is 437 g/mol. The summed E-state index contributed by atoms with van der Waals surface area (Å²) in [7, 11) is 0. The number of benzene rings is 1. The zero-order chi connectivity index (χ0) is 18.7. The Balaban J connectivity index is 1.91. The maximum Gasteiger partial charge on any atom is 0.257 e. The Labute approximate surface area is 162 Å². The van der Waals surface area contributed by atoms with Crippen molar-refractivity contribution in [2.45, 2.75) is 30.8 Å². The predicted octanol–water partition coefficient (Wildman–Crippen LogP) is 3.10. The molecule has 1 atom stereocenters. The lowest BCUT2D eigenvalue weighted by Crippen LogP contribution is -2.36. The molecule has 3 rings (SSSR count). The molecule has 3 N–H and O–H groups in total. The molecule has 9 heteroatoms. The fraction of sp³-hybridized carbons (Fsp3) is 0.294. The number of carbonyl (C=O) groups excluding carboxylic acids is 2. The first-order valence-electron chi connectivity index (χ1n) is 8.11. The van der Waals surface area contributed by atoms with Crippen LogP contribution in [-0.4, -0.2) is 27.5 Å². The molecule has 1 aliphatic rings. The van der Waals surface area contributed by atoms with E-state index in [2.05, 4.69) is 36.5 Å². The average Bonchev–Trinajstić information content (AvgIpc) is 2.58. The standard InChI is InChI=1S/C17H17BrN4O3S/c1-2-6-26-17-21-14-13(16(25)22-17)11(8-12(23)20-14)15(24)19-10-5-3-4-9(18)7-10/h3-5,7,11H,2,6,8H2,1H3,(H,19,24)(H2,20,21,22,23,25)/t11-/m1/s1. The van der Waals surface area contributed by atoms with Crippen molar-refractivity contribution in [3.63, 3.8) is 0 Å². The molecule has 1 aromatic heterocycles. The number of H-pyrrole nitrogens is 1. The predicted molar refractivity (Wildman–Crippen MR) is 105 cm³/mol. The molecule has 2 heterocycles. The van der Waals surface area contributed by atoms with Crippen LogP contribution in [0.25, 0.3) is 0 Å². The Morgan fingerprint density at radius 2 is 2.23 bits per heavy atom. The van der Waals surface area contributed by atoms with Crippen molar-refractivity contribution in [1.82, 2.24) is 9.97 Å². The van der Waals surface area contributed by atoms with Crippen molar-refractivity contribution >= 4 is 51.0 Å². The number of halogens is 1. The van der Waals surface area contributed by atoms with Crippen molar-refractivity contribution in [2.24, 2.45) is 0 Å².